The lowest BCUT2D eigenvalue weighted by Crippen LogP contribution is -2.39. The van der Waals surface area contributed by atoms with Crippen LogP contribution in [0.15, 0.2) is 0 Å². The van der Waals surface area contributed by atoms with Crippen LogP contribution in [0.4, 0.5) is 0 Å². The number of piperidine rings is 1. The standard InChI is InChI=1S/C11H23N/c1-10(2)9-12-7-5-11(3,4)6-8-12/h10H,5-9H2,1-4H3. The Morgan fingerprint density at radius 3 is 2.08 bits per heavy atom. The summed E-state index contributed by atoms with van der Waals surface area (Å²) in [4.78, 5) is 2.61. The fourth-order valence-electron chi connectivity index (χ4n) is 1.86. The van der Waals surface area contributed by atoms with Crippen LogP contribution in [0.25, 0.3) is 0 Å². The molecule has 0 saturated carbocycles. The van der Waals surface area contributed by atoms with Crippen LogP contribution in [-0.2, 0) is 0 Å². The van der Waals surface area contributed by atoms with Gasteiger partial charge in [-0.25, -0.2) is 0 Å². The van der Waals surface area contributed by atoms with Crippen molar-refractivity contribution in [2.24, 2.45) is 11.3 Å². The molecule has 1 heteroatoms. The molecule has 0 aromatic carbocycles. The highest BCUT2D eigenvalue weighted by molar-refractivity contribution is 4.78. The second-order valence-corrected chi connectivity index (χ2v) is 5.36. The molecule has 0 aromatic rings. The van der Waals surface area contributed by atoms with Gasteiger partial charge in [0.25, 0.3) is 0 Å². The Hall–Kier alpha value is -0.0400. The van der Waals surface area contributed by atoms with Crippen molar-refractivity contribution in [2.75, 3.05) is 19.6 Å². The molecule has 0 amide bonds. The van der Waals surface area contributed by atoms with E-state index in [2.05, 4.69) is 32.6 Å². The fourth-order valence-corrected chi connectivity index (χ4v) is 1.86. The van der Waals surface area contributed by atoms with Crippen molar-refractivity contribution in [3.63, 3.8) is 0 Å². The molecule has 12 heavy (non-hydrogen) atoms. The third-order valence-electron chi connectivity index (χ3n) is 2.83. The predicted molar refractivity (Wildman–Crippen MR) is 54.3 cm³/mol. The zero-order valence-electron chi connectivity index (χ0n) is 9.06. The van der Waals surface area contributed by atoms with Crippen LogP contribution in [0.2, 0.25) is 0 Å². The molecule has 0 aliphatic carbocycles. The van der Waals surface area contributed by atoms with E-state index in [4.69, 9.17) is 0 Å². The molecular weight excluding hydrogens is 146 g/mol. The molecular formula is C11H23N. The first kappa shape index (κ1) is 10.0. The van der Waals surface area contributed by atoms with Gasteiger partial charge in [0.1, 0.15) is 0 Å². The minimum absolute atomic E-state index is 0.605. The molecule has 1 saturated heterocycles. The summed E-state index contributed by atoms with van der Waals surface area (Å²) in [5.41, 5.74) is 0.605. The van der Waals surface area contributed by atoms with Crippen molar-refractivity contribution >= 4 is 0 Å². The highest BCUT2D eigenvalue weighted by Crippen LogP contribution is 2.29. The first-order chi connectivity index (χ1) is 5.49. The molecule has 0 spiro atoms. The maximum absolute atomic E-state index is 2.61. The van der Waals surface area contributed by atoms with Gasteiger partial charge in [0.15, 0.2) is 0 Å². The van der Waals surface area contributed by atoms with Crippen molar-refractivity contribution in [1.82, 2.24) is 4.90 Å². The molecule has 1 rings (SSSR count). The van der Waals surface area contributed by atoms with E-state index in [0.29, 0.717) is 5.41 Å². The predicted octanol–water partition coefficient (Wildman–Crippen LogP) is 2.76. The fraction of sp³-hybridized carbons (Fsp3) is 1.00. The van der Waals surface area contributed by atoms with Gasteiger partial charge in [0.05, 0.1) is 0 Å². The lowest BCUT2D eigenvalue weighted by molar-refractivity contribution is 0.122. The summed E-state index contributed by atoms with van der Waals surface area (Å²) in [5, 5.41) is 0. The minimum Gasteiger partial charge on any atom is -0.303 e. The molecule has 0 unspecified atom stereocenters. The topological polar surface area (TPSA) is 3.24 Å². The molecule has 0 atom stereocenters. The molecule has 0 N–H and O–H groups in total. The highest BCUT2D eigenvalue weighted by atomic mass is 15.1. The second kappa shape index (κ2) is 3.78. The summed E-state index contributed by atoms with van der Waals surface area (Å²) >= 11 is 0. The van der Waals surface area contributed by atoms with Crippen LogP contribution in [0.5, 0.6) is 0 Å². The first-order valence-electron chi connectivity index (χ1n) is 5.22. The lowest BCUT2D eigenvalue weighted by atomic mass is 9.82. The van der Waals surface area contributed by atoms with Gasteiger partial charge < -0.3 is 4.90 Å². The van der Waals surface area contributed by atoms with Crippen molar-refractivity contribution in [1.29, 1.82) is 0 Å². The van der Waals surface area contributed by atoms with Crippen LogP contribution in [0.3, 0.4) is 0 Å². The molecule has 1 aliphatic heterocycles. The molecule has 0 radical (unpaired) electrons. The van der Waals surface area contributed by atoms with Crippen molar-refractivity contribution in [3.05, 3.63) is 0 Å². The van der Waals surface area contributed by atoms with E-state index in [0.717, 1.165) is 5.92 Å². The number of nitrogens with zero attached hydrogens (tertiary/aromatic N) is 1. The lowest BCUT2D eigenvalue weighted by Gasteiger charge is -2.37. The Morgan fingerprint density at radius 1 is 1.17 bits per heavy atom. The second-order valence-electron chi connectivity index (χ2n) is 5.36. The smallest absolute Gasteiger partial charge is 0.000439 e. The number of rotatable bonds is 2. The molecule has 1 heterocycles. The maximum atomic E-state index is 2.61. The third-order valence-corrected chi connectivity index (χ3v) is 2.83. The van der Waals surface area contributed by atoms with Gasteiger partial charge >= 0.3 is 0 Å². The van der Waals surface area contributed by atoms with Gasteiger partial charge in [0, 0.05) is 6.54 Å². The van der Waals surface area contributed by atoms with Gasteiger partial charge in [-0.15, -0.1) is 0 Å². The normalized spacial score (nSPS) is 24.8. The van der Waals surface area contributed by atoms with Gasteiger partial charge in [-0.2, -0.15) is 0 Å². The minimum atomic E-state index is 0.605. The zero-order valence-corrected chi connectivity index (χ0v) is 9.06. The van der Waals surface area contributed by atoms with Crippen LogP contribution < -0.4 is 0 Å². The molecule has 1 fully saturated rings. The van der Waals surface area contributed by atoms with Gasteiger partial charge in [0.2, 0.25) is 0 Å². The number of hydrogen-bond donors (Lipinski definition) is 0. The van der Waals surface area contributed by atoms with E-state index in [-0.39, 0.29) is 0 Å². The highest BCUT2D eigenvalue weighted by Gasteiger charge is 2.25. The molecule has 72 valence electrons. The molecule has 1 aliphatic rings. The Bertz CT molecular complexity index is 128. The van der Waals surface area contributed by atoms with Crippen molar-refractivity contribution < 1.29 is 0 Å². The summed E-state index contributed by atoms with van der Waals surface area (Å²) in [7, 11) is 0. The number of likely N-dealkylation sites (tertiary alicyclic amines) is 1. The quantitative estimate of drug-likeness (QED) is 0.614. The summed E-state index contributed by atoms with van der Waals surface area (Å²) in [6, 6.07) is 0. The first-order valence-corrected chi connectivity index (χ1v) is 5.22. The van der Waals surface area contributed by atoms with Gasteiger partial charge in [-0.1, -0.05) is 27.7 Å². The summed E-state index contributed by atoms with van der Waals surface area (Å²) < 4.78 is 0. The third kappa shape index (κ3) is 3.14. The SMILES string of the molecule is CC(C)CN1CCC(C)(C)CC1. The van der Waals surface area contributed by atoms with Crippen LogP contribution >= 0.6 is 0 Å². The average molecular weight is 169 g/mol. The van der Waals surface area contributed by atoms with Crippen LogP contribution in [-0.4, -0.2) is 24.5 Å². The summed E-state index contributed by atoms with van der Waals surface area (Å²) in [6.45, 7) is 13.3. The Kier molecular flexibility index (Phi) is 3.16. The largest absolute Gasteiger partial charge is 0.303 e. The van der Waals surface area contributed by atoms with Gasteiger partial charge in [-0.3, -0.25) is 0 Å². The van der Waals surface area contributed by atoms with E-state index < -0.39 is 0 Å². The van der Waals surface area contributed by atoms with Gasteiger partial charge in [-0.05, 0) is 37.3 Å². The van der Waals surface area contributed by atoms with Crippen molar-refractivity contribution in [3.8, 4) is 0 Å². The van der Waals surface area contributed by atoms with Crippen LogP contribution in [0, 0.1) is 11.3 Å². The Balaban J connectivity index is 2.27. The van der Waals surface area contributed by atoms with E-state index >= 15 is 0 Å². The molecule has 0 aromatic heterocycles. The Labute approximate surface area is 77.1 Å². The average Bonchev–Trinajstić information content (AvgIpc) is 1.93. The number of hydrogen-bond acceptors (Lipinski definition) is 1. The van der Waals surface area contributed by atoms with Crippen LogP contribution in [0.1, 0.15) is 40.5 Å². The maximum Gasteiger partial charge on any atom is 0.000439 e. The van der Waals surface area contributed by atoms with E-state index in [1.165, 1.54) is 32.5 Å². The molecule has 0 bridgehead atoms. The Morgan fingerprint density at radius 2 is 1.67 bits per heavy atom. The van der Waals surface area contributed by atoms with E-state index in [1.54, 1.807) is 0 Å². The zero-order chi connectivity index (χ0) is 9.19. The van der Waals surface area contributed by atoms with Crippen molar-refractivity contribution in [2.45, 2.75) is 40.5 Å². The monoisotopic (exact) mass is 169 g/mol. The summed E-state index contributed by atoms with van der Waals surface area (Å²) in [5.74, 6) is 0.825. The van der Waals surface area contributed by atoms with E-state index in [9.17, 15) is 0 Å². The molecule has 1 nitrogen and oxygen atoms in total. The van der Waals surface area contributed by atoms with E-state index in [1.807, 2.05) is 0 Å². The summed E-state index contributed by atoms with van der Waals surface area (Å²) in [6.07, 6.45) is 2.75.